The molecule has 1 aliphatic rings. The Kier molecular flexibility index (Phi) is 6.21. The van der Waals surface area contributed by atoms with E-state index in [9.17, 15) is 4.79 Å². The van der Waals surface area contributed by atoms with Crippen molar-refractivity contribution in [3.8, 4) is 0 Å². The maximum absolute atomic E-state index is 12.5. The fourth-order valence-electron chi connectivity index (χ4n) is 4.00. The smallest absolute Gasteiger partial charge is 0.410 e. The number of fused-ring (bicyclic) bond motifs is 1. The molecule has 8 nitrogen and oxygen atoms in total. The molecule has 0 radical (unpaired) electrons. The average molecular weight is 507 g/mol. The van der Waals surface area contributed by atoms with Crippen LogP contribution >= 0.6 is 15.9 Å². The molecule has 0 bridgehead atoms. The first-order valence-corrected chi connectivity index (χ1v) is 11.6. The zero-order chi connectivity index (χ0) is 22.6. The van der Waals surface area contributed by atoms with Crippen molar-refractivity contribution in [3.05, 3.63) is 82.9 Å². The third kappa shape index (κ3) is 4.83. The lowest BCUT2D eigenvalue weighted by molar-refractivity contribution is 0.0868. The van der Waals surface area contributed by atoms with Gasteiger partial charge in [-0.25, -0.2) is 9.78 Å². The Morgan fingerprint density at radius 1 is 1.12 bits per heavy atom. The number of benzene rings is 1. The summed E-state index contributed by atoms with van der Waals surface area (Å²) in [4.78, 5) is 23.2. The van der Waals surface area contributed by atoms with Gasteiger partial charge in [0.25, 0.3) is 0 Å². The van der Waals surface area contributed by atoms with Crippen LogP contribution in [0.1, 0.15) is 30.0 Å². The molecule has 5 rings (SSSR count). The third-order valence-corrected chi connectivity index (χ3v) is 6.34. The third-order valence-electron chi connectivity index (χ3n) is 5.78. The monoisotopic (exact) mass is 506 g/mol. The Balaban J connectivity index is 1.28. The number of rotatable bonds is 5. The zero-order valence-corrected chi connectivity index (χ0v) is 19.5. The van der Waals surface area contributed by atoms with Gasteiger partial charge in [0.15, 0.2) is 5.65 Å². The quantitative estimate of drug-likeness (QED) is 0.403. The van der Waals surface area contributed by atoms with E-state index < -0.39 is 0 Å². The predicted molar refractivity (Wildman–Crippen MR) is 128 cm³/mol. The summed E-state index contributed by atoms with van der Waals surface area (Å²) in [6.07, 6.45) is 6.61. The molecule has 0 spiro atoms. The van der Waals surface area contributed by atoms with Crippen LogP contribution in [0.15, 0.2) is 71.6 Å². The van der Waals surface area contributed by atoms with Crippen molar-refractivity contribution >= 4 is 39.2 Å². The molecule has 4 heterocycles. The Bertz CT molecular complexity index is 1240. The molecule has 0 unspecified atom stereocenters. The minimum atomic E-state index is -0.265. The number of amides is 1. The zero-order valence-electron chi connectivity index (χ0n) is 17.9. The maximum atomic E-state index is 12.5. The van der Waals surface area contributed by atoms with Gasteiger partial charge in [-0.05, 0) is 46.5 Å². The van der Waals surface area contributed by atoms with Gasteiger partial charge in [0.2, 0.25) is 0 Å². The van der Waals surface area contributed by atoms with Crippen LogP contribution in [0.5, 0.6) is 0 Å². The van der Waals surface area contributed by atoms with Crippen LogP contribution in [-0.2, 0) is 11.3 Å². The summed E-state index contributed by atoms with van der Waals surface area (Å²) in [5.74, 6) is 1.07. The summed E-state index contributed by atoms with van der Waals surface area (Å²) in [5, 5.41) is 7.86. The standard InChI is InChI=1S/C24H23BrN6O2/c25-20-15-27-31-22(28-19-6-10-26-11-7-19)14-21(29-23(20)31)18-8-12-30(13-9-18)24(32)33-16-17-4-2-1-3-5-17/h1-7,10-11,14-15,18H,8-9,12-13,16H2,(H,26,28). The highest BCUT2D eigenvalue weighted by Crippen LogP contribution is 2.31. The minimum Gasteiger partial charge on any atom is -0.445 e. The summed E-state index contributed by atoms with van der Waals surface area (Å²) in [6, 6.07) is 15.6. The molecule has 4 aromatic rings. The Morgan fingerprint density at radius 3 is 2.64 bits per heavy atom. The molecule has 1 saturated heterocycles. The molecule has 33 heavy (non-hydrogen) atoms. The van der Waals surface area contributed by atoms with Gasteiger partial charge in [0.05, 0.1) is 10.7 Å². The van der Waals surface area contributed by atoms with Crippen molar-refractivity contribution in [1.82, 2.24) is 24.5 Å². The number of pyridine rings is 1. The molecule has 1 N–H and O–H groups in total. The second-order valence-electron chi connectivity index (χ2n) is 7.96. The first kappa shape index (κ1) is 21.4. The van der Waals surface area contributed by atoms with Gasteiger partial charge >= 0.3 is 6.09 Å². The van der Waals surface area contributed by atoms with E-state index in [4.69, 9.17) is 9.72 Å². The number of aromatic nitrogens is 4. The van der Waals surface area contributed by atoms with Crippen molar-refractivity contribution < 1.29 is 9.53 Å². The first-order valence-electron chi connectivity index (χ1n) is 10.8. The number of hydrogen-bond donors (Lipinski definition) is 1. The first-order chi connectivity index (χ1) is 16.2. The number of nitrogens with zero attached hydrogens (tertiary/aromatic N) is 5. The average Bonchev–Trinajstić information content (AvgIpc) is 3.25. The number of piperidine rings is 1. The molecule has 0 aliphatic carbocycles. The number of carbonyl (C=O) groups excluding carboxylic acids is 1. The number of likely N-dealkylation sites (tertiary alicyclic amines) is 1. The number of ether oxygens (including phenoxy) is 1. The highest BCUT2D eigenvalue weighted by molar-refractivity contribution is 9.10. The largest absolute Gasteiger partial charge is 0.445 e. The minimum absolute atomic E-state index is 0.243. The topological polar surface area (TPSA) is 84.7 Å². The van der Waals surface area contributed by atoms with Crippen LogP contribution in [0, 0.1) is 0 Å². The van der Waals surface area contributed by atoms with Gasteiger partial charge in [-0.3, -0.25) is 4.98 Å². The second kappa shape index (κ2) is 9.58. The van der Waals surface area contributed by atoms with E-state index in [1.54, 1.807) is 28.0 Å². The fraction of sp³-hybridized carbons (Fsp3) is 0.250. The van der Waals surface area contributed by atoms with E-state index in [-0.39, 0.29) is 18.6 Å². The maximum Gasteiger partial charge on any atom is 0.410 e. The predicted octanol–water partition coefficient (Wildman–Crippen LogP) is 5.15. The Hall–Kier alpha value is -3.46. The number of anilines is 2. The highest BCUT2D eigenvalue weighted by Gasteiger charge is 2.26. The van der Waals surface area contributed by atoms with Crippen molar-refractivity contribution in [2.75, 3.05) is 18.4 Å². The van der Waals surface area contributed by atoms with E-state index in [0.29, 0.717) is 13.1 Å². The van der Waals surface area contributed by atoms with Crippen LogP contribution in [0.25, 0.3) is 5.65 Å². The Morgan fingerprint density at radius 2 is 1.88 bits per heavy atom. The summed E-state index contributed by atoms with van der Waals surface area (Å²) >= 11 is 3.56. The number of halogens is 1. The lowest BCUT2D eigenvalue weighted by Gasteiger charge is -2.31. The van der Waals surface area contributed by atoms with E-state index >= 15 is 0 Å². The summed E-state index contributed by atoms with van der Waals surface area (Å²) in [5.41, 5.74) is 3.65. The number of carbonyl (C=O) groups is 1. The number of hydrogen-bond acceptors (Lipinski definition) is 6. The molecule has 1 amide bonds. The van der Waals surface area contributed by atoms with Gasteiger partial charge < -0.3 is 15.0 Å². The molecule has 0 atom stereocenters. The molecule has 1 aromatic carbocycles. The molecule has 3 aromatic heterocycles. The number of nitrogens with one attached hydrogen (secondary N) is 1. The molecule has 1 fully saturated rings. The van der Waals surface area contributed by atoms with Crippen molar-refractivity contribution in [3.63, 3.8) is 0 Å². The Labute approximate surface area is 199 Å². The lowest BCUT2D eigenvalue weighted by atomic mass is 9.93. The van der Waals surface area contributed by atoms with Gasteiger partial charge in [0.1, 0.15) is 12.4 Å². The van der Waals surface area contributed by atoms with Gasteiger partial charge in [0, 0.05) is 48.8 Å². The van der Waals surface area contributed by atoms with E-state index in [2.05, 4.69) is 31.3 Å². The fourth-order valence-corrected chi connectivity index (χ4v) is 4.35. The normalized spacial score (nSPS) is 14.4. The van der Waals surface area contributed by atoms with E-state index in [1.165, 1.54) is 0 Å². The summed E-state index contributed by atoms with van der Waals surface area (Å²) in [7, 11) is 0. The van der Waals surface area contributed by atoms with Crippen LogP contribution in [0.3, 0.4) is 0 Å². The van der Waals surface area contributed by atoms with E-state index in [0.717, 1.165) is 45.7 Å². The van der Waals surface area contributed by atoms with Crippen molar-refractivity contribution in [2.24, 2.45) is 0 Å². The highest BCUT2D eigenvalue weighted by atomic mass is 79.9. The van der Waals surface area contributed by atoms with Gasteiger partial charge in [-0.1, -0.05) is 30.3 Å². The van der Waals surface area contributed by atoms with E-state index in [1.807, 2.05) is 48.5 Å². The molecular weight excluding hydrogens is 484 g/mol. The van der Waals surface area contributed by atoms with Crippen LogP contribution in [0.2, 0.25) is 0 Å². The van der Waals surface area contributed by atoms with Gasteiger partial charge in [-0.2, -0.15) is 9.61 Å². The molecule has 168 valence electrons. The second-order valence-corrected chi connectivity index (χ2v) is 8.81. The summed E-state index contributed by atoms with van der Waals surface area (Å²) in [6.45, 7) is 1.56. The van der Waals surface area contributed by atoms with Gasteiger partial charge in [-0.15, -0.1) is 0 Å². The lowest BCUT2D eigenvalue weighted by Crippen LogP contribution is -2.38. The van der Waals surface area contributed by atoms with Crippen LogP contribution < -0.4 is 5.32 Å². The molecule has 9 heteroatoms. The summed E-state index contributed by atoms with van der Waals surface area (Å²) < 4.78 is 8.11. The van der Waals surface area contributed by atoms with Crippen LogP contribution in [0.4, 0.5) is 16.3 Å². The SMILES string of the molecule is O=C(OCc1ccccc1)N1CCC(c2cc(Nc3ccncc3)n3ncc(Br)c3n2)CC1. The molecule has 0 saturated carbocycles. The molecule has 1 aliphatic heterocycles. The van der Waals surface area contributed by atoms with Crippen molar-refractivity contribution in [2.45, 2.75) is 25.4 Å². The van der Waals surface area contributed by atoms with Crippen LogP contribution in [-0.4, -0.2) is 43.7 Å². The van der Waals surface area contributed by atoms with Crippen molar-refractivity contribution in [1.29, 1.82) is 0 Å². The molecular formula is C24H23BrN6O2.